The molecule has 5 heteroatoms. The van der Waals surface area contributed by atoms with Gasteiger partial charge in [-0.1, -0.05) is 13.0 Å². The zero-order chi connectivity index (χ0) is 20.0. The maximum Gasteiger partial charge on any atom is 0.165 e. The predicted octanol–water partition coefficient (Wildman–Crippen LogP) is 2.90. The van der Waals surface area contributed by atoms with Crippen LogP contribution >= 0.6 is 0 Å². The van der Waals surface area contributed by atoms with E-state index in [1.807, 2.05) is 0 Å². The monoisotopic (exact) mass is 400 g/mol. The van der Waals surface area contributed by atoms with Crippen molar-refractivity contribution in [3.63, 3.8) is 0 Å². The van der Waals surface area contributed by atoms with Crippen molar-refractivity contribution in [2.45, 2.75) is 81.1 Å². The van der Waals surface area contributed by atoms with Gasteiger partial charge in [-0.15, -0.1) is 0 Å². The van der Waals surface area contributed by atoms with Gasteiger partial charge in [-0.25, -0.2) is 0 Å². The summed E-state index contributed by atoms with van der Waals surface area (Å²) < 4.78 is 14.4. The summed E-state index contributed by atoms with van der Waals surface area (Å²) in [6.07, 6.45) is 6.43. The molecule has 1 saturated heterocycles. The largest absolute Gasteiger partial charge is 0.504 e. The summed E-state index contributed by atoms with van der Waals surface area (Å²) in [7, 11) is 2.45. The number of hydrogen-bond donors (Lipinski definition) is 2. The lowest BCUT2D eigenvalue weighted by Gasteiger charge is -2.67. The molecule has 1 unspecified atom stereocenters. The number of rotatable bonds is 5. The molecule has 1 aromatic carbocycles. The van der Waals surface area contributed by atoms with Gasteiger partial charge in [0.1, 0.15) is 17.7 Å². The molecule has 2 saturated carbocycles. The van der Waals surface area contributed by atoms with Crippen molar-refractivity contribution in [2.24, 2.45) is 5.92 Å². The Kier molecular flexibility index (Phi) is 3.75. The number of aromatic hydroxyl groups is 1. The van der Waals surface area contributed by atoms with Crippen molar-refractivity contribution in [3.05, 3.63) is 23.3 Å². The highest BCUT2D eigenvalue weighted by atomic mass is 16.5. The number of phenolic OH excluding ortho intramolecular Hbond substituents is 1. The van der Waals surface area contributed by atoms with Gasteiger partial charge in [0.25, 0.3) is 0 Å². The number of quaternary nitrogens is 1. The first-order valence-corrected chi connectivity index (χ1v) is 11.6. The number of likely N-dealkylation sites (N-methyl/N-ethyl adjacent to an activating group) is 1. The first-order chi connectivity index (χ1) is 14.0. The van der Waals surface area contributed by atoms with E-state index >= 15 is 0 Å². The minimum atomic E-state index is -0.507. The Morgan fingerprint density at radius 2 is 2.07 bits per heavy atom. The molecule has 0 amide bonds. The Labute approximate surface area is 173 Å². The molecule has 3 fully saturated rings. The van der Waals surface area contributed by atoms with Crippen LogP contribution in [0.3, 0.4) is 0 Å². The zero-order valence-electron chi connectivity index (χ0n) is 17.7. The van der Waals surface area contributed by atoms with Crippen LogP contribution < -0.4 is 4.74 Å². The highest BCUT2D eigenvalue weighted by Crippen LogP contribution is 2.67. The number of piperidine rings is 1. The van der Waals surface area contributed by atoms with Crippen LogP contribution in [0.25, 0.3) is 0 Å². The lowest BCUT2D eigenvalue weighted by Crippen LogP contribution is -2.82. The maximum atomic E-state index is 11.0. The topological polar surface area (TPSA) is 58.9 Å². The van der Waals surface area contributed by atoms with E-state index in [1.54, 1.807) is 6.07 Å². The molecule has 2 bridgehead atoms. The van der Waals surface area contributed by atoms with Gasteiger partial charge in [-0.3, -0.25) is 0 Å². The molecule has 1 aromatic rings. The van der Waals surface area contributed by atoms with Gasteiger partial charge in [0.15, 0.2) is 11.5 Å². The number of phenols is 1. The van der Waals surface area contributed by atoms with Crippen molar-refractivity contribution >= 4 is 0 Å². The third-order valence-electron chi connectivity index (χ3n) is 8.97. The zero-order valence-corrected chi connectivity index (χ0v) is 17.7. The molecule has 0 aromatic heterocycles. The first kappa shape index (κ1) is 18.5. The molecule has 1 spiro atoms. The lowest BCUT2D eigenvalue weighted by atomic mass is 9.48. The van der Waals surface area contributed by atoms with Crippen LogP contribution in [0.1, 0.15) is 56.6 Å². The predicted molar refractivity (Wildman–Crippen MR) is 109 cm³/mol. The first-order valence-electron chi connectivity index (χ1n) is 11.6. The maximum absolute atomic E-state index is 11.0. The standard InChI is InChI=1S/C24H33NO4/c1-3-12-28-24-9-8-18(27)22-23(24)10-11-25(2,14-15-4-5-15)19(24)13-16-6-7-17(26)21(29-22)20(16)23/h6-7,15,18-19,22,27H,3-5,8-14H2,1-2H3/p+1/t18-,19-,22+,23+,24-,25?/m1/s1. The van der Waals surface area contributed by atoms with E-state index in [0.29, 0.717) is 18.2 Å². The number of nitrogens with zero attached hydrogens (tertiary/aromatic N) is 1. The van der Waals surface area contributed by atoms with E-state index in [1.165, 1.54) is 24.9 Å². The van der Waals surface area contributed by atoms with Crippen molar-refractivity contribution in [1.82, 2.24) is 0 Å². The van der Waals surface area contributed by atoms with E-state index in [4.69, 9.17) is 9.47 Å². The van der Waals surface area contributed by atoms with Gasteiger partial charge in [0.05, 0.1) is 31.7 Å². The molecule has 3 aliphatic carbocycles. The van der Waals surface area contributed by atoms with Crippen LogP contribution in [0.5, 0.6) is 11.5 Å². The molecule has 2 aliphatic heterocycles. The summed E-state index contributed by atoms with van der Waals surface area (Å²) in [6.45, 7) is 5.26. The van der Waals surface area contributed by atoms with E-state index in [9.17, 15) is 10.2 Å². The van der Waals surface area contributed by atoms with Crippen molar-refractivity contribution in [3.8, 4) is 11.5 Å². The van der Waals surface area contributed by atoms with Crippen LogP contribution in [0.4, 0.5) is 0 Å². The van der Waals surface area contributed by atoms with Crippen LogP contribution in [0, 0.1) is 5.92 Å². The van der Waals surface area contributed by atoms with Gasteiger partial charge in [-0.2, -0.15) is 0 Å². The second kappa shape index (κ2) is 5.89. The van der Waals surface area contributed by atoms with E-state index < -0.39 is 6.10 Å². The Morgan fingerprint density at radius 1 is 1.24 bits per heavy atom. The van der Waals surface area contributed by atoms with Gasteiger partial charge < -0.3 is 24.2 Å². The number of likely N-dealkylation sites (tertiary alicyclic amines) is 1. The van der Waals surface area contributed by atoms with Crippen LogP contribution in [-0.4, -0.2) is 65.3 Å². The molecule has 5 aliphatic rings. The minimum Gasteiger partial charge on any atom is -0.504 e. The fraction of sp³-hybridized carbons (Fsp3) is 0.750. The Hall–Kier alpha value is -1.30. The van der Waals surface area contributed by atoms with Crippen molar-refractivity contribution in [2.75, 3.05) is 26.7 Å². The molecule has 5 nitrogen and oxygen atoms in total. The quantitative estimate of drug-likeness (QED) is 0.747. The summed E-state index contributed by atoms with van der Waals surface area (Å²) in [5, 5.41) is 21.7. The van der Waals surface area contributed by atoms with Crippen LogP contribution in [0.15, 0.2) is 12.1 Å². The number of ether oxygens (including phenoxy) is 2. The molecule has 0 radical (unpaired) electrons. The summed E-state index contributed by atoms with van der Waals surface area (Å²) in [4.78, 5) is 0. The average Bonchev–Trinajstić information content (AvgIpc) is 3.43. The summed E-state index contributed by atoms with van der Waals surface area (Å²) in [5.74, 6) is 1.69. The molecular weight excluding hydrogens is 366 g/mol. The SMILES string of the molecule is CCCO[C@@]12CC[C@@H](O)[C@@H]3Oc4c(O)ccc5c4[C@@]31CC[N+](C)(CC1CC1)[C@@H]2C5. The van der Waals surface area contributed by atoms with Crippen LogP contribution in [-0.2, 0) is 16.6 Å². The highest BCUT2D eigenvalue weighted by Gasteiger charge is 2.77. The second-order valence-electron chi connectivity index (χ2n) is 10.6. The van der Waals surface area contributed by atoms with E-state index in [0.717, 1.165) is 54.8 Å². The smallest absolute Gasteiger partial charge is 0.165 e. The normalized spacial score (nSPS) is 44.3. The average molecular weight is 401 g/mol. The highest BCUT2D eigenvalue weighted by molar-refractivity contribution is 5.62. The fourth-order valence-corrected chi connectivity index (χ4v) is 7.67. The number of aliphatic hydroxyl groups is 1. The molecule has 2 N–H and O–H groups in total. The van der Waals surface area contributed by atoms with Crippen molar-refractivity contribution < 1.29 is 24.2 Å². The lowest BCUT2D eigenvalue weighted by molar-refractivity contribution is -0.951. The third kappa shape index (κ3) is 2.17. The minimum absolute atomic E-state index is 0.211. The number of aliphatic hydroxyl groups excluding tert-OH is 1. The summed E-state index contributed by atoms with van der Waals surface area (Å²) in [5.41, 5.74) is 1.80. The third-order valence-corrected chi connectivity index (χ3v) is 8.97. The number of hydrogen-bond acceptors (Lipinski definition) is 4. The van der Waals surface area contributed by atoms with E-state index in [-0.39, 0.29) is 22.9 Å². The molecule has 158 valence electrons. The fourth-order valence-electron chi connectivity index (χ4n) is 7.67. The molecule has 6 rings (SSSR count). The molecule has 2 heterocycles. The molecule has 6 atom stereocenters. The van der Waals surface area contributed by atoms with Crippen molar-refractivity contribution in [1.29, 1.82) is 0 Å². The Balaban J connectivity index is 1.59. The summed E-state index contributed by atoms with van der Waals surface area (Å²) in [6, 6.07) is 4.27. The second-order valence-corrected chi connectivity index (χ2v) is 10.6. The van der Waals surface area contributed by atoms with Gasteiger partial charge in [-0.05, 0) is 43.7 Å². The summed E-state index contributed by atoms with van der Waals surface area (Å²) >= 11 is 0. The van der Waals surface area contributed by atoms with Gasteiger partial charge in [0.2, 0.25) is 0 Å². The Bertz CT molecular complexity index is 850. The number of benzene rings is 1. The van der Waals surface area contributed by atoms with Gasteiger partial charge in [0, 0.05) is 30.9 Å². The molecule has 29 heavy (non-hydrogen) atoms. The molecular formula is C24H34NO4+. The Morgan fingerprint density at radius 3 is 2.83 bits per heavy atom. The van der Waals surface area contributed by atoms with Gasteiger partial charge >= 0.3 is 0 Å². The van der Waals surface area contributed by atoms with E-state index in [2.05, 4.69) is 20.0 Å². The van der Waals surface area contributed by atoms with Crippen LogP contribution in [0.2, 0.25) is 0 Å².